The fourth-order valence-electron chi connectivity index (χ4n) is 3.17. The average molecular weight is 272 g/mol. The van der Waals surface area contributed by atoms with E-state index in [-0.39, 0.29) is 0 Å². The molecule has 2 aliphatic heterocycles. The summed E-state index contributed by atoms with van der Waals surface area (Å²) in [5.74, 6) is 2.57. The van der Waals surface area contributed by atoms with Crippen molar-refractivity contribution in [1.82, 2.24) is 10.2 Å². The van der Waals surface area contributed by atoms with Crippen LogP contribution in [-0.4, -0.2) is 52.3 Å². The number of rotatable bonds is 2. The molecule has 1 N–H and O–H groups in total. The van der Waals surface area contributed by atoms with Gasteiger partial charge in [-0.15, -0.1) is 0 Å². The Morgan fingerprint density at radius 1 is 1.28 bits per heavy atom. The number of hydrogen-bond acceptors (Lipinski definition) is 3. The fourth-order valence-corrected chi connectivity index (χ4v) is 4.45. The van der Waals surface area contributed by atoms with E-state index in [4.69, 9.17) is 0 Å². The van der Waals surface area contributed by atoms with Crippen LogP contribution in [0.25, 0.3) is 0 Å². The highest BCUT2D eigenvalue weighted by Gasteiger charge is 2.26. The standard InChI is InChI=1S/C14H28N2OS/c1-3-13-4-7-16(11-12(2)10-15-13)14-5-8-18(17)9-6-14/h12-15H,3-11H2,1-2H3. The molecule has 0 amide bonds. The van der Waals surface area contributed by atoms with Gasteiger partial charge in [0.1, 0.15) is 0 Å². The minimum absolute atomic E-state index is 0.529. The Morgan fingerprint density at radius 2 is 2.00 bits per heavy atom. The molecule has 0 radical (unpaired) electrons. The summed E-state index contributed by atoms with van der Waals surface area (Å²) >= 11 is 0. The molecule has 0 aliphatic carbocycles. The van der Waals surface area contributed by atoms with E-state index in [1.54, 1.807) is 0 Å². The normalized spacial score (nSPS) is 40.1. The number of hydrogen-bond donors (Lipinski definition) is 1. The molecule has 4 heteroatoms. The van der Waals surface area contributed by atoms with E-state index >= 15 is 0 Å². The van der Waals surface area contributed by atoms with Crippen molar-refractivity contribution < 1.29 is 4.21 Å². The van der Waals surface area contributed by atoms with Gasteiger partial charge in [0.2, 0.25) is 0 Å². The van der Waals surface area contributed by atoms with E-state index in [2.05, 4.69) is 24.1 Å². The van der Waals surface area contributed by atoms with Crippen LogP contribution in [0.4, 0.5) is 0 Å². The van der Waals surface area contributed by atoms with Crippen molar-refractivity contribution >= 4 is 10.8 Å². The second-order valence-electron chi connectivity index (χ2n) is 5.98. The third-order valence-corrected chi connectivity index (χ3v) is 5.81. The van der Waals surface area contributed by atoms with Gasteiger partial charge in [0.05, 0.1) is 0 Å². The first-order chi connectivity index (χ1) is 8.69. The van der Waals surface area contributed by atoms with Crippen LogP contribution in [0.1, 0.15) is 39.5 Å². The summed E-state index contributed by atoms with van der Waals surface area (Å²) in [6, 6.07) is 1.38. The number of nitrogens with zero attached hydrogens (tertiary/aromatic N) is 1. The Kier molecular flexibility index (Phi) is 5.64. The van der Waals surface area contributed by atoms with Crippen LogP contribution in [-0.2, 0) is 10.8 Å². The molecule has 0 aromatic carbocycles. The highest BCUT2D eigenvalue weighted by atomic mass is 32.2. The summed E-state index contributed by atoms with van der Waals surface area (Å²) in [4.78, 5) is 2.69. The molecule has 0 aromatic heterocycles. The van der Waals surface area contributed by atoms with Crippen molar-refractivity contribution in [2.75, 3.05) is 31.1 Å². The van der Waals surface area contributed by atoms with Crippen LogP contribution >= 0.6 is 0 Å². The van der Waals surface area contributed by atoms with E-state index in [0.717, 1.165) is 36.8 Å². The van der Waals surface area contributed by atoms with Crippen molar-refractivity contribution in [3.8, 4) is 0 Å². The Bertz CT molecular complexity index is 275. The zero-order valence-electron chi connectivity index (χ0n) is 11.9. The van der Waals surface area contributed by atoms with Crippen molar-refractivity contribution in [2.45, 2.75) is 51.6 Å². The van der Waals surface area contributed by atoms with Gasteiger partial charge in [-0.1, -0.05) is 13.8 Å². The molecular formula is C14H28N2OS. The van der Waals surface area contributed by atoms with Gasteiger partial charge in [-0.2, -0.15) is 0 Å². The van der Waals surface area contributed by atoms with Gasteiger partial charge in [-0.05, 0) is 44.7 Å². The molecule has 2 unspecified atom stereocenters. The molecule has 0 spiro atoms. The van der Waals surface area contributed by atoms with Crippen molar-refractivity contribution in [2.24, 2.45) is 5.92 Å². The molecule has 2 aliphatic rings. The fraction of sp³-hybridized carbons (Fsp3) is 1.00. The lowest BCUT2D eigenvalue weighted by atomic mass is 10.0. The largest absolute Gasteiger partial charge is 0.314 e. The maximum Gasteiger partial charge on any atom is 0.0249 e. The molecule has 0 saturated carbocycles. The van der Waals surface area contributed by atoms with Crippen LogP contribution < -0.4 is 5.32 Å². The molecule has 0 aromatic rings. The lowest BCUT2D eigenvalue weighted by Crippen LogP contribution is -2.48. The summed E-state index contributed by atoms with van der Waals surface area (Å²) in [5, 5.41) is 3.68. The molecule has 2 atom stereocenters. The zero-order valence-corrected chi connectivity index (χ0v) is 12.7. The quantitative estimate of drug-likeness (QED) is 0.829. The summed E-state index contributed by atoms with van der Waals surface area (Å²) in [7, 11) is -0.529. The molecular weight excluding hydrogens is 244 g/mol. The lowest BCUT2D eigenvalue weighted by Gasteiger charge is -2.38. The first-order valence-corrected chi connectivity index (χ1v) is 9.00. The molecule has 2 heterocycles. The highest BCUT2D eigenvalue weighted by molar-refractivity contribution is 7.85. The van der Waals surface area contributed by atoms with Gasteiger partial charge in [0.25, 0.3) is 0 Å². The minimum atomic E-state index is -0.529. The third-order valence-electron chi connectivity index (χ3n) is 4.43. The third kappa shape index (κ3) is 4.04. The van der Waals surface area contributed by atoms with E-state index in [0.29, 0.717) is 12.1 Å². The molecule has 2 saturated heterocycles. The van der Waals surface area contributed by atoms with Crippen molar-refractivity contribution in [1.29, 1.82) is 0 Å². The Balaban J connectivity index is 1.91. The van der Waals surface area contributed by atoms with E-state index in [1.165, 1.54) is 25.9 Å². The molecule has 2 rings (SSSR count). The van der Waals surface area contributed by atoms with Gasteiger partial charge in [0, 0.05) is 40.9 Å². The van der Waals surface area contributed by atoms with E-state index in [1.807, 2.05) is 0 Å². The van der Waals surface area contributed by atoms with Crippen LogP contribution in [0.3, 0.4) is 0 Å². The summed E-state index contributed by atoms with van der Waals surface area (Å²) in [5.41, 5.74) is 0. The van der Waals surface area contributed by atoms with Gasteiger partial charge in [0.15, 0.2) is 0 Å². The first kappa shape index (κ1) is 14.5. The maximum atomic E-state index is 11.5. The smallest absolute Gasteiger partial charge is 0.0249 e. The topological polar surface area (TPSA) is 32.3 Å². The molecule has 3 nitrogen and oxygen atoms in total. The highest BCUT2D eigenvalue weighted by Crippen LogP contribution is 2.19. The van der Waals surface area contributed by atoms with E-state index < -0.39 is 10.8 Å². The van der Waals surface area contributed by atoms with Gasteiger partial charge in [-0.3, -0.25) is 9.11 Å². The molecule has 0 bridgehead atoms. The summed E-state index contributed by atoms with van der Waals surface area (Å²) in [6.07, 6.45) is 4.78. The monoisotopic (exact) mass is 272 g/mol. The van der Waals surface area contributed by atoms with Crippen LogP contribution in [0.5, 0.6) is 0 Å². The number of nitrogens with one attached hydrogen (secondary N) is 1. The predicted octanol–water partition coefficient (Wildman–Crippen LogP) is 1.61. The predicted molar refractivity (Wildman–Crippen MR) is 78.3 cm³/mol. The van der Waals surface area contributed by atoms with Gasteiger partial charge in [-0.25, -0.2) is 0 Å². The van der Waals surface area contributed by atoms with Crippen LogP contribution in [0.15, 0.2) is 0 Å². The van der Waals surface area contributed by atoms with Crippen LogP contribution in [0.2, 0.25) is 0 Å². The van der Waals surface area contributed by atoms with Crippen molar-refractivity contribution in [3.63, 3.8) is 0 Å². The van der Waals surface area contributed by atoms with Crippen LogP contribution in [0, 0.1) is 5.92 Å². The lowest BCUT2D eigenvalue weighted by molar-refractivity contribution is 0.136. The second-order valence-corrected chi connectivity index (χ2v) is 7.68. The molecule has 106 valence electrons. The van der Waals surface area contributed by atoms with E-state index in [9.17, 15) is 4.21 Å². The average Bonchev–Trinajstić information content (AvgIpc) is 2.36. The molecule has 18 heavy (non-hydrogen) atoms. The Labute approximate surface area is 114 Å². The Hall–Kier alpha value is 0.0700. The molecule has 2 fully saturated rings. The zero-order chi connectivity index (χ0) is 13.0. The SMILES string of the molecule is CCC1CCN(C2CCS(=O)CC2)CC(C)CN1. The second kappa shape index (κ2) is 7.01. The minimum Gasteiger partial charge on any atom is -0.314 e. The Morgan fingerprint density at radius 3 is 2.67 bits per heavy atom. The first-order valence-electron chi connectivity index (χ1n) is 7.51. The van der Waals surface area contributed by atoms with Crippen molar-refractivity contribution in [3.05, 3.63) is 0 Å². The van der Waals surface area contributed by atoms with Gasteiger partial charge >= 0.3 is 0 Å². The van der Waals surface area contributed by atoms with Gasteiger partial charge < -0.3 is 5.32 Å². The summed E-state index contributed by atoms with van der Waals surface area (Å²) in [6.45, 7) is 8.19. The maximum absolute atomic E-state index is 11.5. The summed E-state index contributed by atoms with van der Waals surface area (Å²) < 4.78 is 11.5.